The maximum atomic E-state index is 12.0. The van der Waals surface area contributed by atoms with Gasteiger partial charge < -0.3 is 5.32 Å². The molecule has 0 aliphatic heterocycles. The average molecular weight is 291 g/mol. The molecule has 2 N–H and O–H groups in total. The highest BCUT2D eigenvalue weighted by atomic mass is 32.1. The largest absolute Gasteiger partial charge is 0.350 e. The lowest BCUT2D eigenvalue weighted by atomic mass is 10.1. The summed E-state index contributed by atoms with van der Waals surface area (Å²) in [4.78, 5) is 16.0. The van der Waals surface area contributed by atoms with E-state index < -0.39 is 0 Å². The van der Waals surface area contributed by atoms with E-state index in [1.165, 1.54) is 0 Å². The van der Waals surface area contributed by atoms with Crippen LogP contribution in [0.5, 0.6) is 0 Å². The third kappa shape index (κ3) is 3.51. The maximum absolute atomic E-state index is 12.0. The van der Waals surface area contributed by atoms with Crippen LogP contribution in [0.2, 0.25) is 0 Å². The number of aromatic amines is 1. The average Bonchev–Trinajstić information content (AvgIpc) is 2.70. The summed E-state index contributed by atoms with van der Waals surface area (Å²) in [5.41, 5.74) is 0.579. The fourth-order valence-electron chi connectivity index (χ4n) is 1.79. The summed E-state index contributed by atoms with van der Waals surface area (Å²) in [6, 6.07) is 3.65. The molecule has 0 saturated heterocycles. The molecule has 2 rings (SSSR count). The summed E-state index contributed by atoms with van der Waals surface area (Å²) in [5, 5.41) is 9.80. The lowest BCUT2D eigenvalue weighted by Gasteiger charge is -2.20. The Hall–Kier alpha value is -2.02. The summed E-state index contributed by atoms with van der Waals surface area (Å²) < 4.78 is 2.09. The molecule has 0 aromatic carbocycles. The van der Waals surface area contributed by atoms with Crippen molar-refractivity contribution >= 4 is 18.1 Å². The zero-order valence-electron chi connectivity index (χ0n) is 11.7. The molecule has 0 radical (unpaired) electrons. The zero-order chi connectivity index (χ0) is 14.8. The monoisotopic (exact) mass is 291 g/mol. The van der Waals surface area contributed by atoms with Gasteiger partial charge in [0.05, 0.1) is 0 Å². The van der Waals surface area contributed by atoms with Crippen LogP contribution in [0, 0.1) is 4.77 Å². The molecule has 0 atom stereocenters. The van der Waals surface area contributed by atoms with Gasteiger partial charge in [-0.3, -0.25) is 19.4 Å². The van der Waals surface area contributed by atoms with Gasteiger partial charge in [0.15, 0.2) is 10.6 Å². The van der Waals surface area contributed by atoms with Crippen molar-refractivity contribution in [2.75, 3.05) is 0 Å². The SMILES string of the molecule is CC(C)(C)NC(=O)Cn1c(-c2ccncc2)n[nH]c1=S. The van der Waals surface area contributed by atoms with Crippen molar-refractivity contribution in [1.82, 2.24) is 25.1 Å². The minimum atomic E-state index is -0.278. The minimum Gasteiger partial charge on any atom is -0.350 e. The van der Waals surface area contributed by atoms with Crippen LogP contribution < -0.4 is 5.32 Å². The van der Waals surface area contributed by atoms with Crippen LogP contribution >= 0.6 is 12.2 Å². The van der Waals surface area contributed by atoms with Crippen LogP contribution in [-0.2, 0) is 11.3 Å². The van der Waals surface area contributed by atoms with Crippen LogP contribution in [-0.4, -0.2) is 31.2 Å². The maximum Gasteiger partial charge on any atom is 0.240 e. The van der Waals surface area contributed by atoms with Crippen molar-refractivity contribution in [3.63, 3.8) is 0 Å². The fraction of sp³-hybridized carbons (Fsp3) is 0.385. The Balaban J connectivity index is 2.27. The van der Waals surface area contributed by atoms with Gasteiger partial charge in [-0.15, -0.1) is 0 Å². The van der Waals surface area contributed by atoms with E-state index in [9.17, 15) is 4.79 Å². The number of hydrogen-bond donors (Lipinski definition) is 2. The topological polar surface area (TPSA) is 75.6 Å². The number of rotatable bonds is 3. The first-order chi connectivity index (χ1) is 9.37. The highest BCUT2D eigenvalue weighted by molar-refractivity contribution is 7.71. The summed E-state index contributed by atoms with van der Waals surface area (Å²) in [5.74, 6) is 0.520. The molecule has 7 heteroatoms. The van der Waals surface area contributed by atoms with E-state index in [1.807, 2.05) is 32.9 Å². The molecule has 0 fully saturated rings. The quantitative estimate of drug-likeness (QED) is 0.847. The van der Waals surface area contributed by atoms with Gasteiger partial charge in [-0.05, 0) is 45.1 Å². The third-order valence-corrected chi connectivity index (χ3v) is 2.82. The number of aromatic nitrogens is 4. The molecule has 20 heavy (non-hydrogen) atoms. The lowest BCUT2D eigenvalue weighted by Crippen LogP contribution is -2.42. The number of amides is 1. The predicted molar refractivity (Wildman–Crippen MR) is 78.5 cm³/mol. The zero-order valence-corrected chi connectivity index (χ0v) is 12.5. The first kappa shape index (κ1) is 14.4. The highest BCUT2D eigenvalue weighted by Gasteiger charge is 2.16. The van der Waals surface area contributed by atoms with E-state index in [0.717, 1.165) is 5.56 Å². The van der Waals surface area contributed by atoms with Gasteiger partial charge in [0.1, 0.15) is 6.54 Å². The van der Waals surface area contributed by atoms with E-state index >= 15 is 0 Å². The van der Waals surface area contributed by atoms with Crippen LogP contribution in [0.15, 0.2) is 24.5 Å². The Morgan fingerprint density at radius 1 is 1.40 bits per heavy atom. The molecule has 0 aliphatic carbocycles. The van der Waals surface area contributed by atoms with E-state index in [4.69, 9.17) is 12.2 Å². The second-order valence-corrected chi connectivity index (χ2v) is 5.86. The molecule has 0 bridgehead atoms. The normalized spacial score (nSPS) is 11.3. The molecule has 0 unspecified atom stereocenters. The van der Waals surface area contributed by atoms with Crippen molar-refractivity contribution in [3.05, 3.63) is 29.3 Å². The van der Waals surface area contributed by atoms with Crippen molar-refractivity contribution in [2.45, 2.75) is 32.9 Å². The van der Waals surface area contributed by atoms with Gasteiger partial charge in [-0.1, -0.05) is 0 Å². The molecular weight excluding hydrogens is 274 g/mol. The van der Waals surface area contributed by atoms with E-state index in [1.54, 1.807) is 17.0 Å². The van der Waals surface area contributed by atoms with Gasteiger partial charge in [-0.2, -0.15) is 5.10 Å². The number of H-pyrrole nitrogens is 1. The van der Waals surface area contributed by atoms with E-state index in [2.05, 4.69) is 20.5 Å². The number of pyridine rings is 1. The van der Waals surface area contributed by atoms with Crippen LogP contribution in [0.1, 0.15) is 20.8 Å². The molecule has 0 spiro atoms. The Bertz CT molecular complexity index is 653. The first-order valence-electron chi connectivity index (χ1n) is 6.23. The number of nitrogens with one attached hydrogen (secondary N) is 2. The van der Waals surface area contributed by atoms with Gasteiger partial charge in [0.25, 0.3) is 0 Å². The van der Waals surface area contributed by atoms with Crippen molar-refractivity contribution in [1.29, 1.82) is 0 Å². The van der Waals surface area contributed by atoms with E-state index in [-0.39, 0.29) is 18.0 Å². The van der Waals surface area contributed by atoms with Crippen molar-refractivity contribution in [2.24, 2.45) is 0 Å². The molecular formula is C13H17N5OS. The van der Waals surface area contributed by atoms with Crippen molar-refractivity contribution < 1.29 is 4.79 Å². The predicted octanol–water partition coefficient (Wildman–Crippen LogP) is 1.92. The van der Waals surface area contributed by atoms with Gasteiger partial charge >= 0.3 is 0 Å². The number of carbonyl (C=O) groups is 1. The van der Waals surface area contributed by atoms with Gasteiger partial charge in [-0.25, -0.2) is 0 Å². The lowest BCUT2D eigenvalue weighted by molar-refractivity contribution is -0.123. The molecule has 2 aromatic rings. The summed E-state index contributed by atoms with van der Waals surface area (Å²) >= 11 is 5.18. The molecule has 2 aromatic heterocycles. The molecule has 0 saturated carbocycles. The first-order valence-corrected chi connectivity index (χ1v) is 6.64. The Morgan fingerprint density at radius 2 is 2.05 bits per heavy atom. The molecule has 2 heterocycles. The van der Waals surface area contributed by atoms with Crippen LogP contribution in [0.25, 0.3) is 11.4 Å². The van der Waals surface area contributed by atoms with Crippen LogP contribution in [0.3, 0.4) is 0 Å². The van der Waals surface area contributed by atoms with Crippen LogP contribution in [0.4, 0.5) is 0 Å². The Morgan fingerprint density at radius 3 is 2.65 bits per heavy atom. The third-order valence-electron chi connectivity index (χ3n) is 2.51. The molecule has 106 valence electrons. The minimum absolute atomic E-state index is 0.106. The van der Waals surface area contributed by atoms with Gasteiger partial charge in [0, 0.05) is 23.5 Å². The fourth-order valence-corrected chi connectivity index (χ4v) is 1.98. The summed E-state index contributed by atoms with van der Waals surface area (Å²) in [7, 11) is 0. The van der Waals surface area contributed by atoms with Crippen molar-refractivity contribution in [3.8, 4) is 11.4 Å². The molecule has 6 nitrogen and oxygen atoms in total. The highest BCUT2D eigenvalue weighted by Crippen LogP contribution is 2.15. The smallest absolute Gasteiger partial charge is 0.240 e. The number of carbonyl (C=O) groups excluding carboxylic acids is 1. The molecule has 1 amide bonds. The standard InChI is InChI=1S/C13H17N5OS/c1-13(2,3)15-10(19)8-18-11(16-17-12(18)20)9-4-6-14-7-5-9/h4-7H,8H2,1-3H3,(H,15,19)(H,17,20). The number of hydrogen-bond acceptors (Lipinski definition) is 4. The van der Waals surface area contributed by atoms with Gasteiger partial charge in [0.2, 0.25) is 5.91 Å². The summed E-state index contributed by atoms with van der Waals surface area (Å²) in [6.45, 7) is 5.93. The second-order valence-electron chi connectivity index (χ2n) is 5.47. The molecule has 0 aliphatic rings. The number of nitrogens with zero attached hydrogens (tertiary/aromatic N) is 3. The van der Waals surface area contributed by atoms with E-state index in [0.29, 0.717) is 10.6 Å². The Kier molecular flexibility index (Phi) is 3.99. The second kappa shape index (κ2) is 5.54. The Labute approximate surface area is 122 Å². The summed E-state index contributed by atoms with van der Waals surface area (Å²) in [6.07, 6.45) is 3.35.